The topological polar surface area (TPSA) is 48.5 Å². The van der Waals surface area contributed by atoms with E-state index in [9.17, 15) is 0 Å². The van der Waals surface area contributed by atoms with E-state index >= 15 is 0 Å². The van der Waals surface area contributed by atoms with Gasteiger partial charge in [0.05, 0.1) is 30.1 Å². The summed E-state index contributed by atoms with van der Waals surface area (Å²) in [5.74, 6) is 1.86. The summed E-state index contributed by atoms with van der Waals surface area (Å²) < 4.78 is 4.60. The van der Waals surface area contributed by atoms with Crippen molar-refractivity contribution >= 4 is 56.9 Å². The highest BCUT2D eigenvalue weighted by molar-refractivity contribution is 6.88. The maximum Gasteiger partial charge on any atom is 0.238 e. The predicted molar refractivity (Wildman–Crippen MR) is 228 cm³/mol. The number of aromatic nitrogens is 5. The molecule has 3 aromatic heterocycles. The molecule has 0 aliphatic heterocycles. The van der Waals surface area contributed by atoms with Crippen molar-refractivity contribution in [3.63, 3.8) is 0 Å². The van der Waals surface area contributed by atoms with Crippen LogP contribution >= 0.6 is 0 Å². The van der Waals surface area contributed by atoms with Gasteiger partial charge in [-0.3, -0.25) is 4.57 Å². The molecule has 0 radical (unpaired) electrons. The van der Waals surface area contributed by atoms with Crippen molar-refractivity contribution in [2.24, 2.45) is 0 Å². The molecule has 10 rings (SSSR count). The Bertz CT molecular complexity index is 2950. The maximum absolute atomic E-state index is 5.14. The van der Waals surface area contributed by atoms with Gasteiger partial charge in [0.25, 0.3) is 0 Å². The first kappa shape index (κ1) is 32.1. The zero-order chi connectivity index (χ0) is 36.4. The fourth-order valence-corrected chi connectivity index (χ4v) is 8.97. The van der Waals surface area contributed by atoms with Gasteiger partial charge in [-0.15, -0.1) is 0 Å². The van der Waals surface area contributed by atoms with Crippen molar-refractivity contribution in [2.45, 2.75) is 19.6 Å². The number of nitrogens with zero attached hydrogens (tertiary/aromatic N) is 5. The summed E-state index contributed by atoms with van der Waals surface area (Å²) in [6.07, 6.45) is 0. The number of fused-ring (bicyclic) bond motifs is 6. The molecule has 0 atom stereocenters. The van der Waals surface area contributed by atoms with E-state index in [2.05, 4.69) is 138 Å². The smallest absolute Gasteiger partial charge is 0.238 e. The molecule has 258 valence electrons. The number of para-hydroxylation sites is 2. The fraction of sp³-hybridized carbons (Fsp3) is 0.0625. The van der Waals surface area contributed by atoms with Crippen LogP contribution in [0.1, 0.15) is 0 Å². The highest BCUT2D eigenvalue weighted by Crippen LogP contribution is 2.38. The van der Waals surface area contributed by atoms with Crippen LogP contribution in [0.5, 0.6) is 0 Å². The summed E-state index contributed by atoms with van der Waals surface area (Å²) in [5, 5.41) is 6.24. The summed E-state index contributed by atoms with van der Waals surface area (Å²) in [7, 11) is -1.41. The Kier molecular flexibility index (Phi) is 7.42. The van der Waals surface area contributed by atoms with Crippen molar-refractivity contribution in [1.82, 2.24) is 24.1 Å². The molecule has 3 heterocycles. The molecule has 0 aliphatic rings. The zero-order valence-corrected chi connectivity index (χ0v) is 31.4. The third-order valence-corrected chi connectivity index (χ3v) is 12.6. The SMILES string of the molecule is C[Si](C)(C)c1ccc(-n2c3ccccc3c3cc(-c4ccc5c6ccccc6n(-c6nc(-c7ccccc7)nc(-c7ccccc7)n6)c5c4)ccc32)cc1. The zero-order valence-electron chi connectivity index (χ0n) is 30.4. The molecule has 54 heavy (non-hydrogen) atoms. The summed E-state index contributed by atoms with van der Waals surface area (Å²) in [6, 6.07) is 60.4. The minimum atomic E-state index is -1.41. The molecule has 0 bridgehead atoms. The molecule has 0 saturated heterocycles. The van der Waals surface area contributed by atoms with Gasteiger partial charge in [0.2, 0.25) is 5.95 Å². The summed E-state index contributed by atoms with van der Waals surface area (Å²) in [4.78, 5) is 15.2. The number of rotatable bonds is 6. The Hall–Kier alpha value is -6.63. The number of hydrogen-bond acceptors (Lipinski definition) is 3. The summed E-state index contributed by atoms with van der Waals surface area (Å²) in [6.45, 7) is 7.19. The Labute approximate surface area is 314 Å². The lowest BCUT2D eigenvalue weighted by Crippen LogP contribution is -2.37. The van der Waals surface area contributed by atoms with Crippen LogP contribution in [0.3, 0.4) is 0 Å². The second-order valence-corrected chi connectivity index (χ2v) is 20.1. The summed E-state index contributed by atoms with van der Waals surface area (Å²) in [5.41, 5.74) is 9.86. The molecule has 7 aromatic carbocycles. The number of hydrogen-bond donors (Lipinski definition) is 0. The van der Waals surface area contributed by atoms with Gasteiger partial charge in [-0.05, 0) is 53.6 Å². The van der Waals surface area contributed by atoms with Crippen LogP contribution in [0.2, 0.25) is 19.6 Å². The van der Waals surface area contributed by atoms with Crippen LogP contribution in [0.15, 0.2) is 170 Å². The molecule has 0 unspecified atom stereocenters. The highest BCUT2D eigenvalue weighted by Gasteiger charge is 2.20. The lowest BCUT2D eigenvalue weighted by Gasteiger charge is -2.17. The van der Waals surface area contributed by atoms with Crippen LogP contribution < -0.4 is 5.19 Å². The van der Waals surface area contributed by atoms with Crippen molar-refractivity contribution in [3.8, 4) is 45.5 Å². The van der Waals surface area contributed by atoms with Crippen LogP contribution in [0, 0.1) is 0 Å². The molecule has 0 aliphatic carbocycles. The van der Waals surface area contributed by atoms with E-state index in [1.807, 2.05) is 60.7 Å². The lowest BCUT2D eigenvalue weighted by atomic mass is 10.0. The van der Waals surface area contributed by atoms with Gasteiger partial charge in [-0.25, -0.2) is 4.98 Å². The van der Waals surface area contributed by atoms with Gasteiger partial charge in [0.1, 0.15) is 0 Å². The van der Waals surface area contributed by atoms with Crippen molar-refractivity contribution in [3.05, 3.63) is 170 Å². The van der Waals surface area contributed by atoms with Crippen molar-refractivity contribution in [1.29, 1.82) is 0 Å². The van der Waals surface area contributed by atoms with Gasteiger partial charge in [0.15, 0.2) is 11.6 Å². The van der Waals surface area contributed by atoms with Crippen LogP contribution in [0.4, 0.5) is 0 Å². The lowest BCUT2D eigenvalue weighted by molar-refractivity contribution is 0.953. The minimum Gasteiger partial charge on any atom is -0.309 e. The van der Waals surface area contributed by atoms with Crippen molar-refractivity contribution in [2.75, 3.05) is 0 Å². The molecular weight excluding hydrogens is 675 g/mol. The van der Waals surface area contributed by atoms with Crippen LogP contribution in [0.25, 0.3) is 89.2 Å². The fourth-order valence-electron chi connectivity index (χ4n) is 7.80. The van der Waals surface area contributed by atoms with E-state index in [0.717, 1.165) is 44.1 Å². The second-order valence-electron chi connectivity index (χ2n) is 15.0. The molecule has 0 spiro atoms. The largest absolute Gasteiger partial charge is 0.309 e. The number of benzene rings is 7. The third kappa shape index (κ3) is 5.34. The first-order valence-corrected chi connectivity index (χ1v) is 22.0. The second kappa shape index (κ2) is 12.5. The maximum atomic E-state index is 5.14. The molecule has 0 N–H and O–H groups in total. The van der Waals surface area contributed by atoms with Gasteiger partial charge in [-0.2, -0.15) is 9.97 Å². The van der Waals surface area contributed by atoms with E-state index in [-0.39, 0.29) is 0 Å². The monoisotopic (exact) mass is 711 g/mol. The third-order valence-electron chi connectivity index (χ3n) is 10.6. The Morgan fingerprint density at radius 2 is 0.870 bits per heavy atom. The van der Waals surface area contributed by atoms with E-state index in [1.165, 1.54) is 32.7 Å². The van der Waals surface area contributed by atoms with E-state index < -0.39 is 8.07 Å². The van der Waals surface area contributed by atoms with E-state index in [0.29, 0.717) is 17.6 Å². The first-order chi connectivity index (χ1) is 26.4. The molecule has 0 saturated carbocycles. The average molecular weight is 712 g/mol. The Morgan fingerprint density at radius 1 is 0.370 bits per heavy atom. The van der Waals surface area contributed by atoms with Crippen LogP contribution in [-0.4, -0.2) is 32.2 Å². The molecule has 0 fully saturated rings. The standard InChI is InChI=1S/C48H37N5Si/c1-54(2,3)37-26-24-36(25-27-37)52-42-20-12-11-19-39(42)41-30-34(23-29-44(41)52)35-22-28-40-38-18-10-13-21-43(38)53(45(40)31-35)48-50-46(32-14-6-4-7-15-32)49-47(51-48)33-16-8-5-9-17-33/h4-31H,1-3H3. The van der Waals surface area contributed by atoms with Gasteiger partial charge < -0.3 is 4.57 Å². The Morgan fingerprint density at radius 3 is 1.50 bits per heavy atom. The normalized spacial score (nSPS) is 12.0. The van der Waals surface area contributed by atoms with Gasteiger partial charge >= 0.3 is 0 Å². The molecular formula is C48H37N5Si. The molecule has 10 aromatic rings. The first-order valence-electron chi connectivity index (χ1n) is 18.5. The average Bonchev–Trinajstić information content (AvgIpc) is 3.73. The molecule has 5 nitrogen and oxygen atoms in total. The molecule has 6 heteroatoms. The van der Waals surface area contributed by atoms with E-state index in [4.69, 9.17) is 15.0 Å². The van der Waals surface area contributed by atoms with E-state index in [1.54, 1.807) is 0 Å². The highest BCUT2D eigenvalue weighted by atomic mass is 28.3. The predicted octanol–water partition coefficient (Wildman–Crippen LogP) is 11.6. The van der Waals surface area contributed by atoms with Gasteiger partial charge in [-0.1, -0.05) is 152 Å². The van der Waals surface area contributed by atoms with Gasteiger partial charge in [0, 0.05) is 38.4 Å². The van der Waals surface area contributed by atoms with Crippen LogP contribution in [-0.2, 0) is 0 Å². The minimum absolute atomic E-state index is 0.588. The summed E-state index contributed by atoms with van der Waals surface area (Å²) >= 11 is 0. The van der Waals surface area contributed by atoms with Crippen molar-refractivity contribution < 1.29 is 0 Å². The molecule has 0 amide bonds. The Balaban J connectivity index is 1.17. The quantitative estimate of drug-likeness (QED) is 0.161.